The molecular formula is C20H12F3N5OS. The molecule has 0 radical (unpaired) electrons. The van der Waals surface area contributed by atoms with Crippen LogP contribution in [0.4, 0.5) is 29.0 Å². The summed E-state index contributed by atoms with van der Waals surface area (Å²) in [5.41, 5.74) is -0.214. The Hall–Kier alpha value is -3.84. The number of halogens is 3. The molecule has 3 rings (SSSR count). The van der Waals surface area contributed by atoms with Crippen LogP contribution in [0, 0.1) is 11.3 Å². The van der Waals surface area contributed by atoms with Crippen molar-refractivity contribution in [2.45, 2.75) is 6.18 Å². The molecule has 0 aliphatic heterocycles. The van der Waals surface area contributed by atoms with E-state index in [-0.39, 0.29) is 21.4 Å². The van der Waals surface area contributed by atoms with Gasteiger partial charge < -0.3 is 0 Å². The van der Waals surface area contributed by atoms with Crippen molar-refractivity contribution in [1.29, 1.82) is 5.26 Å². The molecule has 6 nitrogen and oxygen atoms in total. The SMILES string of the molecule is N#CC(=Cc1ccccc1)C(=O)Nc1ncc(N=Nc2cccc(C(F)(F)F)c2)s1. The lowest BCUT2D eigenvalue weighted by molar-refractivity contribution is -0.137. The van der Waals surface area contributed by atoms with Crippen LogP contribution in [0.25, 0.3) is 6.08 Å². The van der Waals surface area contributed by atoms with Gasteiger partial charge in [0.1, 0.15) is 11.6 Å². The van der Waals surface area contributed by atoms with Gasteiger partial charge in [-0.1, -0.05) is 47.7 Å². The molecule has 0 fully saturated rings. The van der Waals surface area contributed by atoms with Gasteiger partial charge in [-0.05, 0) is 29.8 Å². The Morgan fingerprint density at radius 2 is 1.90 bits per heavy atom. The van der Waals surface area contributed by atoms with Crippen LogP contribution in [0.15, 0.2) is 76.6 Å². The maximum Gasteiger partial charge on any atom is 0.416 e. The summed E-state index contributed by atoms with van der Waals surface area (Å²) in [5, 5.41) is 19.8. The first-order valence-electron chi connectivity index (χ1n) is 8.38. The van der Waals surface area contributed by atoms with Crippen LogP contribution in [0.3, 0.4) is 0 Å². The Morgan fingerprint density at radius 3 is 2.60 bits per heavy atom. The molecule has 2 aromatic carbocycles. The minimum atomic E-state index is -4.47. The molecule has 30 heavy (non-hydrogen) atoms. The summed E-state index contributed by atoms with van der Waals surface area (Å²) in [6.07, 6.45) is -1.72. The first kappa shape index (κ1) is 20.9. The van der Waals surface area contributed by atoms with Gasteiger partial charge in [0, 0.05) is 0 Å². The molecule has 0 atom stereocenters. The molecule has 0 aliphatic carbocycles. The first-order valence-corrected chi connectivity index (χ1v) is 9.20. The molecule has 0 bridgehead atoms. The van der Waals surface area contributed by atoms with E-state index in [1.165, 1.54) is 24.4 Å². The number of carbonyl (C=O) groups is 1. The van der Waals surface area contributed by atoms with Crippen molar-refractivity contribution in [1.82, 2.24) is 4.98 Å². The normalized spacial score (nSPS) is 12.0. The smallest absolute Gasteiger partial charge is 0.297 e. The molecule has 3 aromatic rings. The second-order valence-corrected chi connectivity index (χ2v) is 6.80. The van der Waals surface area contributed by atoms with Crippen LogP contribution in [0.5, 0.6) is 0 Å². The third kappa shape index (κ3) is 5.59. The Labute approximate surface area is 173 Å². The predicted molar refractivity (Wildman–Crippen MR) is 106 cm³/mol. The number of hydrogen-bond acceptors (Lipinski definition) is 6. The molecule has 0 unspecified atom stereocenters. The van der Waals surface area contributed by atoms with E-state index < -0.39 is 17.6 Å². The van der Waals surface area contributed by atoms with Crippen LogP contribution in [-0.2, 0) is 11.0 Å². The van der Waals surface area contributed by atoms with Gasteiger partial charge in [0.05, 0.1) is 17.4 Å². The van der Waals surface area contributed by atoms with Gasteiger partial charge >= 0.3 is 6.18 Å². The second kappa shape index (κ2) is 9.11. The van der Waals surface area contributed by atoms with Crippen LogP contribution in [0.1, 0.15) is 11.1 Å². The zero-order valence-corrected chi connectivity index (χ0v) is 15.9. The highest BCUT2D eigenvalue weighted by molar-refractivity contribution is 7.19. The van der Waals surface area contributed by atoms with Gasteiger partial charge in [-0.3, -0.25) is 10.1 Å². The molecule has 0 saturated carbocycles. The maximum atomic E-state index is 12.7. The van der Waals surface area contributed by atoms with Crippen molar-refractivity contribution >= 4 is 39.1 Å². The lowest BCUT2D eigenvalue weighted by Crippen LogP contribution is -2.13. The van der Waals surface area contributed by atoms with Crippen molar-refractivity contribution < 1.29 is 18.0 Å². The predicted octanol–water partition coefficient (Wildman–Crippen LogP) is 6.12. The van der Waals surface area contributed by atoms with Crippen LogP contribution in [0.2, 0.25) is 0 Å². The Bertz CT molecular complexity index is 1150. The van der Waals surface area contributed by atoms with Crippen LogP contribution in [-0.4, -0.2) is 10.9 Å². The summed E-state index contributed by atoms with van der Waals surface area (Å²) in [5.74, 6) is -0.642. The number of nitrogens with one attached hydrogen (secondary N) is 1. The largest absolute Gasteiger partial charge is 0.416 e. The monoisotopic (exact) mass is 427 g/mol. The number of anilines is 1. The van der Waals surface area contributed by atoms with Crippen molar-refractivity contribution in [2.24, 2.45) is 10.2 Å². The number of hydrogen-bond donors (Lipinski definition) is 1. The topological polar surface area (TPSA) is 90.5 Å². The average Bonchev–Trinajstić information content (AvgIpc) is 3.18. The number of benzene rings is 2. The quantitative estimate of drug-likeness (QED) is 0.302. The van der Waals surface area contributed by atoms with E-state index >= 15 is 0 Å². The Morgan fingerprint density at radius 1 is 1.13 bits per heavy atom. The van der Waals surface area contributed by atoms with Crippen molar-refractivity contribution in [3.05, 3.63) is 77.5 Å². The molecule has 0 saturated heterocycles. The Balaban J connectivity index is 1.69. The number of azo groups is 1. The molecule has 0 aliphatic rings. The molecule has 1 heterocycles. The first-order chi connectivity index (χ1) is 14.3. The van der Waals surface area contributed by atoms with Crippen molar-refractivity contribution in [3.8, 4) is 6.07 Å². The van der Waals surface area contributed by atoms with E-state index in [0.717, 1.165) is 23.5 Å². The summed E-state index contributed by atoms with van der Waals surface area (Å²) in [6, 6.07) is 15.1. The Kier molecular flexibility index (Phi) is 6.34. The number of nitrogens with zero attached hydrogens (tertiary/aromatic N) is 4. The summed E-state index contributed by atoms with van der Waals surface area (Å²) >= 11 is 0.962. The van der Waals surface area contributed by atoms with Gasteiger partial charge in [0.25, 0.3) is 5.91 Å². The van der Waals surface area contributed by atoms with E-state index in [1.54, 1.807) is 24.3 Å². The number of alkyl halides is 3. The number of rotatable bonds is 5. The summed E-state index contributed by atoms with van der Waals surface area (Å²) in [6.45, 7) is 0. The molecule has 1 amide bonds. The van der Waals surface area contributed by atoms with Crippen LogP contribution >= 0.6 is 11.3 Å². The zero-order chi connectivity index (χ0) is 21.6. The fraction of sp³-hybridized carbons (Fsp3) is 0.0500. The second-order valence-electron chi connectivity index (χ2n) is 5.79. The molecule has 150 valence electrons. The number of thiazole rings is 1. The number of nitriles is 1. The fourth-order valence-electron chi connectivity index (χ4n) is 2.25. The summed E-state index contributed by atoms with van der Waals surface area (Å²) in [4.78, 5) is 16.2. The average molecular weight is 427 g/mol. The van der Waals surface area contributed by atoms with Crippen molar-refractivity contribution in [2.75, 3.05) is 5.32 Å². The minimum absolute atomic E-state index is 0.0290. The highest BCUT2D eigenvalue weighted by Crippen LogP contribution is 2.33. The fourth-order valence-corrected chi connectivity index (χ4v) is 2.88. The van der Waals surface area contributed by atoms with Crippen molar-refractivity contribution in [3.63, 3.8) is 0 Å². The standard InChI is InChI=1S/C20H12F3N5OS/c21-20(22,23)15-7-4-8-16(10-15)27-28-17-12-25-19(30-17)26-18(29)14(11-24)9-13-5-2-1-3-6-13/h1-10,12H,(H,25,26,29). The van der Waals surface area contributed by atoms with E-state index in [1.807, 2.05) is 12.1 Å². The lowest BCUT2D eigenvalue weighted by atomic mass is 10.1. The van der Waals surface area contributed by atoms with Gasteiger partial charge in [0.15, 0.2) is 10.1 Å². The van der Waals surface area contributed by atoms with Gasteiger partial charge in [0.2, 0.25) is 0 Å². The van der Waals surface area contributed by atoms with Gasteiger partial charge in [-0.25, -0.2) is 4.98 Å². The van der Waals surface area contributed by atoms with E-state index in [0.29, 0.717) is 5.56 Å². The van der Waals surface area contributed by atoms with Gasteiger partial charge in [-0.2, -0.15) is 18.4 Å². The number of aromatic nitrogens is 1. The molecule has 10 heteroatoms. The molecule has 1 aromatic heterocycles. The van der Waals surface area contributed by atoms with E-state index in [9.17, 15) is 23.2 Å². The third-order valence-electron chi connectivity index (χ3n) is 3.63. The minimum Gasteiger partial charge on any atom is -0.297 e. The summed E-state index contributed by atoms with van der Waals surface area (Å²) in [7, 11) is 0. The highest BCUT2D eigenvalue weighted by Gasteiger charge is 2.30. The molecular weight excluding hydrogens is 415 g/mol. The number of amides is 1. The third-order valence-corrected chi connectivity index (χ3v) is 4.42. The lowest BCUT2D eigenvalue weighted by Gasteiger charge is -2.05. The summed E-state index contributed by atoms with van der Waals surface area (Å²) < 4.78 is 38.2. The van der Waals surface area contributed by atoms with E-state index in [2.05, 4.69) is 20.5 Å². The van der Waals surface area contributed by atoms with Crippen LogP contribution < -0.4 is 5.32 Å². The highest BCUT2D eigenvalue weighted by atomic mass is 32.1. The van der Waals surface area contributed by atoms with E-state index in [4.69, 9.17) is 0 Å². The maximum absolute atomic E-state index is 12.7. The van der Waals surface area contributed by atoms with Gasteiger partial charge in [-0.15, -0.1) is 10.2 Å². The zero-order valence-electron chi connectivity index (χ0n) is 15.1. The number of carbonyl (C=O) groups excluding carboxylic acids is 1. The molecule has 0 spiro atoms. The molecule has 1 N–H and O–H groups in total.